The van der Waals surface area contributed by atoms with Crippen LogP contribution in [0.1, 0.15) is 18.1 Å². The fourth-order valence-electron chi connectivity index (χ4n) is 2.56. The van der Waals surface area contributed by atoms with Gasteiger partial charge in [-0.25, -0.2) is 0 Å². The summed E-state index contributed by atoms with van der Waals surface area (Å²) in [5, 5.41) is 18.8. The molecule has 0 amide bonds. The zero-order chi connectivity index (χ0) is 21.2. The summed E-state index contributed by atoms with van der Waals surface area (Å²) in [7, 11) is -1.00. The Labute approximate surface area is 168 Å². The lowest BCUT2D eigenvalue weighted by atomic mass is 9.80. The molecule has 0 spiro atoms. The molecule has 1 unspecified atom stereocenters. The first-order valence-electron chi connectivity index (χ1n) is 8.24. The molecule has 0 radical (unpaired) electrons. The highest BCUT2D eigenvalue weighted by Gasteiger charge is 2.32. The van der Waals surface area contributed by atoms with E-state index >= 15 is 0 Å². The fourth-order valence-corrected chi connectivity index (χ4v) is 2.75. The summed E-state index contributed by atoms with van der Waals surface area (Å²) < 4.78 is 56.5. The van der Waals surface area contributed by atoms with Crippen LogP contribution in [0, 0.1) is 11.3 Å². The number of nitrogens with zero attached hydrogens (tertiary/aromatic N) is 2. The lowest BCUT2D eigenvalue weighted by Crippen LogP contribution is -2.27. The second-order valence-corrected chi connectivity index (χ2v) is 6.46. The van der Waals surface area contributed by atoms with Crippen LogP contribution in [-0.2, 0) is 16.0 Å². The molecule has 12 heteroatoms. The van der Waals surface area contributed by atoms with Crippen LogP contribution >= 0.6 is 11.6 Å². The monoisotopic (exact) mass is 428 g/mol. The molecular formula is C17H13BClF3N2O5. The van der Waals surface area contributed by atoms with Crippen molar-refractivity contribution in [3.8, 4) is 23.6 Å². The van der Waals surface area contributed by atoms with Crippen molar-refractivity contribution in [3.05, 3.63) is 40.4 Å². The quantitative estimate of drug-likeness (QED) is 0.707. The Hall–Kier alpha value is -2.52. The number of halogens is 4. The van der Waals surface area contributed by atoms with E-state index in [4.69, 9.17) is 25.7 Å². The summed E-state index contributed by atoms with van der Waals surface area (Å²) in [6.07, 6.45) is -6.14. The maximum atomic E-state index is 12.2. The molecule has 7 nitrogen and oxygen atoms in total. The Balaban J connectivity index is 1.78. The molecule has 1 aromatic heterocycles. The molecule has 1 atom stereocenters. The van der Waals surface area contributed by atoms with Crippen molar-refractivity contribution in [3.63, 3.8) is 0 Å². The molecule has 1 aromatic carbocycles. The van der Waals surface area contributed by atoms with Gasteiger partial charge >= 0.3 is 13.5 Å². The summed E-state index contributed by atoms with van der Waals surface area (Å²) in [6.45, 7) is 0.859. The van der Waals surface area contributed by atoms with Gasteiger partial charge in [-0.15, -0.1) is 13.2 Å². The average molecular weight is 429 g/mol. The third-order valence-electron chi connectivity index (χ3n) is 3.81. The first kappa shape index (κ1) is 21.2. The van der Waals surface area contributed by atoms with Crippen molar-refractivity contribution in [1.82, 2.24) is 4.98 Å². The molecule has 1 N–H and O–H groups in total. The zero-order valence-corrected chi connectivity index (χ0v) is 15.6. The van der Waals surface area contributed by atoms with E-state index in [-0.39, 0.29) is 29.0 Å². The van der Waals surface area contributed by atoms with Crippen molar-refractivity contribution < 1.29 is 37.1 Å². The number of nitriles is 1. The normalized spacial score (nSPS) is 14.3. The highest BCUT2D eigenvalue weighted by atomic mass is 35.5. The van der Waals surface area contributed by atoms with E-state index in [0.29, 0.717) is 11.2 Å². The second-order valence-electron chi connectivity index (χ2n) is 6.05. The Morgan fingerprint density at radius 1 is 1.38 bits per heavy atom. The van der Waals surface area contributed by atoms with Crippen molar-refractivity contribution >= 4 is 24.2 Å². The van der Waals surface area contributed by atoms with Gasteiger partial charge in [0.25, 0.3) is 0 Å². The summed E-state index contributed by atoms with van der Waals surface area (Å²) in [5.74, 6) is -0.0193. The first-order chi connectivity index (χ1) is 13.7. The molecule has 0 saturated carbocycles. The molecule has 0 saturated heterocycles. The van der Waals surface area contributed by atoms with Gasteiger partial charge in [-0.2, -0.15) is 10.2 Å². The van der Waals surface area contributed by atoms with E-state index in [9.17, 15) is 23.5 Å². The Morgan fingerprint density at radius 3 is 2.83 bits per heavy atom. The van der Waals surface area contributed by atoms with Crippen LogP contribution in [0.2, 0.25) is 5.02 Å². The SMILES string of the molecule is CC(COc1nc(Oc2ccc3c(c2)COB3O)c(Cl)cc1C#N)OC(F)(F)F. The minimum atomic E-state index is -4.81. The minimum absolute atomic E-state index is 0.00488. The van der Waals surface area contributed by atoms with E-state index in [2.05, 4.69) is 9.72 Å². The average Bonchev–Trinajstić information content (AvgIpc) is 3.01. The summed E-state index contributed by atoms with van der Waals surface area (Å²) in [4.78, 5) is 4.00. The number of hydrogen-bond acceptors (Lipinski definition) is 7. The van der Waals surface area contributed by atoms with Gasteiger partial charge in [0.15, 0.2) is 0 Å². The Bertz CT molecular complexity index is 954. The Morgan fingerprint density at radius 2 is 2.14 bits per heavy atom. The number of rotatable bonds is 6. The van der Waals surface area contributed by atoms with E-state index < -0.39 is 26.2 Å². The van der Waals surface area contributed by atoms with E-state index in [1.54, 1.807) is 24.3 Å². The van der Waals surface area contributed by atoms with Crippen LogP contribution < -0.4 is 14.9 Å². The summed E-state index contributed by atoms with van der Waals surface area (Å²) in [5.41, 5.74) is 1.25. The molecule has 0 aliphatic carbocycles. The maximum Gasteiger partial charge on any atom is 0.522 e. The summed E-state index contributed by atoms with van der Waals surface area (Å²) in [6, 6.07) is 7.84. The Kier molecular flexibility index (Phi) is 6.19. The van der Waals surface area contributed by atoms with E-state index in [0.717, 1.165) is 12.5 Å². The van der Waals surface area contributed by atoms with Gasteiger partial charge in [-0.05, 0) is 36.1 Å². The number of benzene rings is 1. The number of pyridine rings is 1. The van der Waals surface area contributed by atoms with Crippen LogP contribution in [0.25, 0.3) is 0 Å². The molecule has 29 heavy (non-hydrogen) atoms. The van der Waals surface area contributed by atoms with E-state index in [1.807, 2.05) is 0 Å². The predicted octanol–water partition coefficient (Wildman–Crippen LogP) is 2.92. The van der Waals surface area contributed by atoms with Gasteiger partial charge in [0.2, 0.25) is 11.8 Å². The van der Waals surface area contributed by atoms with Gasteiger partial charge in [-0.3, -0.25) is 4.74 Å². The maximum absolute atomic E-state index is 12.2. The first-order valence-corrected chi connectivity index (χ1v) is 8.62. The largest absolute Gasteiger partial charge is 0.522 e. The molecule has 0 fully saturated rings. The van der Waals surface area contributed by atoms with Crippen LogP contribution in [0.3, 0.4) is 0 Å². The van der Waals surface area contributed by atoms with Gasteiger partial charge < -0.3 is 19.2 Å². The minimum Gasteiger partial charge on any atom is -0.474 e. The molecule has 3 rings (SSSR count). The van der Waals surface area contributed by atoms with Gasteiger partial charge in [0, 0.05) is 0 Å². The second kappa shape index (κ2) is 8.46. The standard InChI is InChI=1S/C17H13BClF3N2O5/c1-9(29-17(20,21)22)7-26-15-10(6-23)5-14(19)16(24-15)28-12-2-3-13-11(4-12)8-27-18(13)25/h2-5,9,25H,7-8H2,1H3. The van der Waals surface area contributed by atoms with Crippen molar-refractivity contribution in [2.24, 2.45) is 0 Å². The highest BCUT2D eigenvalue weighted by Crippen LogP contribution is 2.32. The number of aromatic nitrogens is 1. The van der Waals surface area contributed by atoms with Crippen LogP contribution in [0.15, 0.2) is 24.3 Å². The number of alkyl halides is 3. The number of ether oxygens (including phenoxy) is 3. The lowest BCUT2D eigenvalue weighted by Gasteiger charge is -2.16. The van der Waals surface area contributed by atoms with Gasteiger partial charge in [0.1, 0.15) is 29.0 Å². The molecule has 0 bridgehead atoms. The molecule has 152 valence electrons. The molecule has 2 heterocycles. The predicted molar refractivity (Wildman–Crippen MR) is 95.0 cm³/mol. The third kappa shape index (κ3) is 5.30. The van der Waals surface area contributed by atoms with Crippen LogP contribution in [0.4, 0.5) is 13.2 Å². The molecular weight excluding hydrogens is 415 g/mol. The molecule has 2 aromatic rings. The third-order valence-corrected chi connectivity index (χ3v) is 4.08. The fraction of sp³-hybridized carbons (Fsp3) is 0.294. The van der Waals surface area contributed by atoms with Crippen LogP contribution in [0.5, 0.6) is 17.5 Å². The van der Waals surface area contributed by atoms with Crippen LogP contribution in [-0.4, -0.2) is 36.2 Å². The lowest BCUT2D eigenvalue weighted by molar-refractivity contribution is -0.342. The molecule has 1 aliphatic heterocycles. The highest BCUT2D eigenvalue weighted by molar-refractivity contribution is 6.61. The van der Waals surface area contributed by atoms with Gasteiger partial charge in [0.05, 0.1) is 12.7 Å². The number of hydrogen-bond donors (Lipinski definition) is 1. The zero-order valence-electron chi connectivity index (χ0n) is 14.9. The molecule has 1 aliphatic rings. The van der Waals surface area contributed by atoms with Gasteiger partial charge in [-0.1, -0.05) is 17.7 Å². The van der Waals surface area contributed by atoms with Crippen molar-refractivity contribution in [2.75, 3.05) is 6.61 Å². The van der Waals surface area contributed by atoms with Crippen molar-refractivity contribution in [1.29, 1.82) is 5.26 Å². The number of fused-ring (bicyclic) bond motifs is 1. The van der Waals surface area contributed by atoms with E-state index in [1.165, 1.54) is 6.07 Å². The smallest absolute Gasteiger partial charge is 0.474 e. The summed E-state index contributed by atoms with van der Waals surface area (Å²) >= 11 is 6.09. The topological polar surface area (TPSA) is 93.8 Å². The van der Waals surface area contributed by atoms with Crippen molar-refractivity contribution in [2.45, 2.75) is 26.0 Å².